The molecule has 1 rings (SSSR count). The molecule has 0 bridgehead atoms. The number of hydrogen-bond donors (Lipinski definition) is 1. The Morgan fingerprint density at radius 2 is 2.33 bits per heavy atom. The van der Waals surface area contributed by atoms with Crippen molar-refractivity contribution in [3.8, 4) is 0 Å². The zero-order valence-corrected chi connectivity index (χ0v) is 8.81. The zero-order valence-electron chi connectivity index (χ0n) is 8.81. The van der Waals surface area contributed by atoms with E-state index in [2.05, 4.69) is 0 Å². The number of rotatable bonds is 3. The van der Waals surface area contributed by atoms with Gasteiger partial charge >= 0.3 is 5.97 Å². The van der Waals surface area contributed by atoms with Gasteiger partial charge in [0.2, 0.25) is 0 Å². The Bertz CT molecular complexity index is 272. The third kappa shape index (κ3) is 3.08. The number of carbonyl (C=O) groups is 2. The van der Waals surface area contributed by atoms with Gasteiger partial charge in [-0.1, -0.05) is 6.08 Å². The minimum atomic E-state index is -0.775. The Balaban J connectivity index is 2.67. The van der Waals surface area contributed by atoms with E-state index in [4.69, 9.17) is 9.84 Å². The molecule has 4 heteroatoms. The summed E-state index contributed by atoms with van der Waals surface area (Å²) in [7, 11) is 0. The van der Waals surface area contributed by atoms with Crippen LogP contribution in [0, 0.1) is 5.41 Å². The van der Waals surface area contributed by atoms with Crippen LogP contribution in [0.4, 0.5) is 0 Å². The fraction of sp³-hybridized carbons (Fsp3) is 0.636. The molecule has 0 saturated heterocycles. The van der Waals surface area contributed by atoms with Gasteiger partial charge in [-0.15, -0.1) is 0 Å². The molecule has 84 valence electrons. The van der Waals surface area contributed by atoms with Crippen molar-refractivity contribution in [3.63, 3.8) is 0 Å². The Morgan fingerprint density at radius 1 is 1.60 bits per heavy atom. The summed E-state index contributed by atoms with van der Waals surface area (Å²) >= 11 is 0. The Hall–Kier alpha value is -1.32. The second-order valence-corrected chi connectivity index (χ2v) is 4.14. The van der Waals surface area contributed by atoms with Crippen LogP contribution < -0.4 is 0 Å². The Labute approximate surface area is 88.9 Å². The van der Waals surface area contributed by atoms with Crippen molar-refractivity contribution >= 4 is 12.4 Å². The SMILES string of the molecule is CC1(C(=O)O)CC/C=C/C(OC=O)CC1. The molecule has 1 aliphatic carbocycles. The maximum Gasteiger partial charge on any atom is 0.309 e. The molecule has 15 heavy (non-hydrogen) atoms. The lowest BCUT2D eigenvalue weighted by molar-refractivity contribution is -0.149. The first kappa shape index (κ1) is 11.8. The van der Waals surface area contributed by atoms with Crippen LogP contribution in [0.3, 0.4) is 0 Å². The summed E-state index contributed by atoms with van der Waals surface area (Å²) in [4.78, 5) is 21.3. The molecular weight excluding hydrogens is 196 g/mol. The summed E-state index contributed by atoms with van der Waals surface area (Å²) in [5.74, 6) is -0.775. The summed E-state index contributed by atoms with van der Waals surface area (Å²) in [6.45, 7) is 2.15. The summed E-state index contributed by atoms with van der Waals surface area (Å²) < 4.78 is 4.83. The van der Waals surface area contributed by atoms with Gasteiger partial charge in [-0.25, -0.2) is 0 Å². The average Bonchev–Trinajstić information content (AvgIpc) is 2.17. The van der Waals surface area contributed by atoms with Crippen LogP contribution in [0.5, 0.6) is 0 Å². The maximum atomic E-state index is 11.1. The van der Waals surface area contributed by atoms with Crippen LogP contribution in [0.25, 0.3) is 0 Å². The first-order chi connectivity index (χ1) is 7.08. The summed E-state index contributed by atoms with van der Waals surface area (Å²) in [6.07, 6.45) is 5.88. The molecule has 0 amide bonds. The van der Waals surface area contributed by atoms with E-state index >= 15 is 0 Å². The molecule has 0 aromatic rings. The molecule has 0 saturated carbocycles. The van der Waals surface area contributed by atoms with Gasteiger partial charge in [0.05, 0.1) is 5.41 Å². The zero-order chi connectivity index (χ0) is 11.3. The van der Waals surface area contributed by atoms with Crippen LogP contribution in [0.2, 0.25) is 0 Å². The summed E-state index contributed by atoms with van der Waals surface area (Å²) in [5.41, 5.74) is -0.699. The van der Waals surface area contributed by atoms with Crippen molar-refractivity contribution in [1.82, 2.24) is 0 Å². The number of hydrogen-bond acceptors (Lipinski definition) is 3. The highest BCUT2D eigenvalue weighted by molar-refractivity contribution is 5.74. The Kier molecular flexibility index (Phi) is 3.88. The van der Waals surface area contributed by atoms with Crippen molar-refractivity contribution in [3.05, 3.63) is 12.2 Å². The van der Waals surface area contributed by atoms with Gasteiger partial charge in [0.15, 0.2) is 0 Å². The number of ether oxygens (including phenoxy) is 1. The predicted molar refractivity (Wildman–Crippen MR) is 54.3 cm³/mol. The maximum absolute atomic E-state index is 11.1. The summed E-state index contributed by atoms with van der Waals surface area (Å²) in [5, 5.41) is 9.10. The first-order valence-corrected chi connectivity index (χ1v) is 5.08. The van der Waals surface area contributed by atoms with E-state index in [0.717, 1.165) is 0 Å². The van der Waals surface area contributed by atoms with Crippen molar-refractivity contribution in [2.24, 2.45) is 5.41 Å². The lowest BCUT2D eigenvalue weighted by atomic mass is 9.79. The fourth-order valence-electron chi connectivity index (χ4n) is 1.73. The molecule has 0 radical (unpaired) electrons. The number of carboxylic acids is 1. The smallest absolute Gasteiger partial charge is 0.309 e. The Morgan fingerprint density at radius 3 is 2.93 bits per heavy atom. The van der Waals surface area contributed by atoms with Crippen LogP contribution in [-0.4, -0.2) is 23.7 Å². The van der Waals surface area contributed by atoms with Crippen LogP contribution in [0.1, 0.15) is 32.6 Å². The molecule has 1 aliphatic rings. The topological polar surface area (TPSA) is 63.6 Å². The van der Waals surface area contributed by atoms with Crippen LogP contribution in [0.15, 0.2) is 12.2 Å². The van der Waals surface area contributed by atoms with Gasteiger partial charge in [-0.05, 0) is 38.7 Å². The highest BCUT2D eigenvalue weighted by atomic mass is 16.5. The van der Waals surface area contributed by atoms with Gasteiger partial charge < -0.3 is 9.84 Å². The molecule has 0 heterocycles. The van der Waals surface area contributed by atoms with Crippen molar-refractivity contribution in [1.29, 1.82) is 0 Å². The van der Waals surface area contributed by atoms with Crippen molar-refractivity contribution < 1.29 is 19.4 Å². The molecule has 1 N–H and O–H groups in total. The van der Waals surface area contributed by atoms with E-state index in [-0.39, 0.29) is 6.10 Å². The molecular formula is C11H16O4. The quantitative estimate of drug-likeness (QED) is 0.571. The van der Waals surface area contributed by atoms with E-state index in [0.29, 0.717) is 32.2 Å². The minimum absolute atomic E-state index is 0.276. The van der Waals surface area contributed by atoms with Crippen molar-refractivity contribution in [2.45, 2.75) is 38.7 Å². The predicted octanol–water partition coefficient (Wildman–Crippen LogP) is 1.75. The first-order valence-electron chi connectivity index (χ1n) is 5.08. The van der Waals surface area contributed by atoms with Gasteiger partial charge in [0, 0.05) is 0 Å². The standard InChI is InChI=1S/C11H16O4/c1-11(10(13)14)6-3-2-4-9(5-7-11)15-8-12/h2,4,8-9H,3,5-7H2,1H3,(H,13,14)/b4-2+. The molecule has 2 unspecified atom stereocenters. The third-order valence-corrected chi connectivity index (χ3v) is 2.94. The molecule has 0 fully saturated rings. The molecule has 0 aromatic heterocycles. The van der Waals surface area contributed by atoms with E-state index < -0.39 is 11.4 Å². The highest BCUT2D eigenvalue weighted by Crippen LogP contribution is 2.32. The van der Waals surface area contributed by atoms with E-state index in [9.17, 15) is 9.59 Å². The van der Waals surface area contributed by atoms with Crippen LogP contribution in [-0.2, 0) is 14.3 Å². The van der Waals surface area contributed by atoms with Gasteiger partial charge in [0.1, 0.15) is 6.10 Å². The van der Waals surface area contributed by atoms with E-state index in [1.807, 2.05) is 12.2 Å². The second kappa shape index (κ2) is 4.96. The number of allylic oxidation sites excluding steroid dienone is 1. The lowest BCUT2D eigenvalue weighted by Gasteiger charge is -2.27. The largest absolute Gasteiger partial charge is 0.481 e. The highest BCUT2D eigenvalue weighted by Gasteiger charge is 2.33. The molecule has 2 atom stereocenters. The molecule has 4 nitrogen and oxygen atoms in total. The average molecular weight is 212 g/mol. The third-order valence-electron chi connectivity index (χ3n) is 2.94. The molecule has 0 aromatic carbocycles. The molecule has 0 spiro atoms. The van der Waals surface area contributed by atoms with Crippen LogP contribution >= 0.6 is 0 Å². The van der Waals surface area contributed by atoms with E-state index in [1.165, 1.54) is 0 Å². The monoisotopic (exact) mass is 212 g/mol. The van der Waals surface area contributed by atoms with Crippen molar-refractivity contribution in [2.75, 3.05) is 0 Å². The summed E-state index contributed by atoms with van der Waals surface area (Å²) in [6, 6.07) is 0. The van der Waals surface area contributed by atoms with E-state index in [1.54, 1.807) is 6.92 Å². The van der Waals surface area contributed by atoms with Gasteiger partial charge in [-0.2, -0.15) is 0 Å². The van der Waals surface area contributed by atoms with Gasteiger partial charge in [-0.3, -0.25) is 9.59 Å². The minimum Gasteiger partial charge on any atom is -0.481 e. The number of carbonyl (C=O) groups excluding carboxylic acids is 1. The van der Waals surface area contributed by atoms with Gasteiger partial charge in [0.25, 0.3) is 6.47 Å². The lowest BCUT2D eigenvalue weighted by Crippen LogP contribution is -2.30. The number of carboxylic acid groups (broad SMARTS) is 1. The number of aliphatic carboxylic acids is 1. The second-order valence-electron chi connectivity index (χ2n) is 4.14. The normalized spacial score (nSPS) is 33.5. The molecule has 0 aliphatic heterocycles. The fourth-order valence-corrected chi connectivity index (χ4v) is 1.73.